The minimum absolute atomic E-state index is 0.0568. The van der Waals surface area contributed by atoms with Crippen molar-refractivity contribution in [3.8, 4) is 0 Å². The van der Waals surface area contributed by atoms with Gasteiger partial charge in [0.15, 0.2) is 0 Å². The van der Waals surface area contributed by atoms with Crippen LogP contribution in [0.2, 0.25) is 0 Å². The van der Waals surface area contributed by atoms with E-state index < -0.39 is 24.2 Å². The quantitative estimate of drug-likeness (QED) is 0.299. The molecule has 0 aliphatic carbocycles. The van der Waals surface area contributed by atoms with Gasteiger partial charge in [-0.3, -0.25) is 19.9 Å². The number of hydrogen-bond acceptors (Lipinski definition) is 7. The summed E-state index contributed by atoms with van der Waals surface area (Å²) in [5.74, 6) is -1.36. The van der Waals surface area contributed by atoms with E-state index in [1.54, 1.807) is 30.3 Å². The second-order valence-electron chi connectivity index (χ2n) is 8.44. The van der Waals surface area contributed by atoms with Crippen LogP contribution in [0.15, 0.2) is 85.1 Å². The van der Waals surface area contributed by atoms with Gasteiger partial charge in [0, 0.05) is 25.7 Å². The van der Waals surface area contributed by atoms with Gasteiger partial charge in [-0.1, -0.05) is 48.5 Å². The van der Waals surface area contributed by atoms with Crippen LogP contribution in [0.1, 0.15) is 28.0 Å². The minimum atomic E-state index is -1.05. The standard InChI is InChI=1S/C27H27N5O6/c28-20-8-4-5-9-21(20)30-26(35)22-11-10-19(15-29-22)16-32(13-12-24(33)34)27(36)31-23-17-37-25(38-23)14-18-6-2-1-3-7-18/h1-11,15,17,25H,12-14,16,28H2,(H,30,35)(H,31,36)(H,33,34). The molecule has 0 saturated heterocycles. The molecular formula is C27H27N5O6. The largest absolute Gasteiger partial charge is 0.481 e. The molecule has 5 N–H and O–H groups in total. The average Bonchev–Trinajstić information content (AvgIpc) is 3.35. The number of nitrogen functional groups attached to an aromatic ring is 1. The van der Waals surface area contributed by atoms with Crippen molar-refractivity contribution in [1.82, 2.24) is 15.2 Å². The number of carbonyl (C=O) groups excluding carboxylic acids is 2. The van der Waals surface area contributed by atoms with Crippen molar-refractivity contribution in [3.05, 3.63) is 102 Å². The molecule has 1 unspecified atom stereocenters. The molecule has 1 aliphatic rings. The van der Waals surface area contributed by atoms with Gasteiger partial charge in [-0.15, -0.1) is 0 Å². The Hall–Kier alpha value is -5.06. The van der Waals surface area contributed by atoms with Crippen LogP contribution in [0.25, 0.3) is 0 Å². The first kappa shape index (κ1) is 26.0. The molecule has 0 fully saturated rings. The number of nitrogens with two attached hydrogens (primary N) is 1. The van der Waals surface area contributed by atoms with Gasteiger partial charge in [-0.2, -0.15) is 0 Å². The van der Waals surface area contributed by atoms with Crippen LogP contribution in [-0.4, -0.2) is 45.7 Å². The van der Waals surface area contributed by atoms with Crippen LogP contribution in [-0.2, 0) is 27.2 Å². The number of benzene rings is 2. The summed E-state index contributed by atoms with van der Waals surface area (Å²) in [5.41, 5.74) is 8.53. The maximum Gasteiger partial charge on any atom is 0.324 e. The van der Waals surface area contributed by atoms with Crippen LogP contribution in [0, 0.1) is 0 Å². The van der Waals surface area contributed by atoms with E-state index in [0.717, 1.165) is 5.56 Å². The van der Waals surface area contributed by atoms with E-state index >= 15 is 0 Å². The van der Waals surface area contributed by atoms with Crippen LogP contribution in [0.3, 0.4) is 0 Å². The Morgan fingerprint density at radius 3 is 2.45 bits per heavy atom. The van der Waals surface area contributed by atoms with Gasteiger partial charge in [0.2, 0.25) is 12.2 Å². The number of nitrogens with one attached hydrogen (secondary N) is 2. The topological polar surface area (TPSA) is 156 Å². The number of para-hydroxylation sites is 2. The highest BCUT2D eigenvalue weighted by Crippen LogP contribution is 2.19. The Morgan fingerprint density at radius 2 is 1.74 bits per heavy atom. The van der Waals surface area contributed by atoms with Crippen LogP contribution in [0.5, 0.6) is 0 Å². The zero-order valence-electron chi connectivity index (χ0n) is 20.4. The van der Waals surface area contributed by atoms with Crippen molar-refractivity contribution in [3.63, 3.8) is 0 Å². The number of ether oxygens (including phenoxy) is 2. The van der Waals surface area contributed by atoms with Gasteiger partial charge in [-0.05, 0) is 29.3 Å². The molecule has 2 heterocycles. The van der Waals surface area contributed by atoms with E-state index in [4.69, 9.17) is 20.3 Å². The lowest BCUT2D eigenvalue weighted by Gasteiger charge is -2.22. The number of urea groups is 1. The van der Waals surface area contributed by atoms with Gasteiger partial charge in [0.05, 0.1) is 17.8 Å². The summed E-state index contributed by atoms with van der Waals surface area (Å²) in [6.07, 6.45) is 2.41. The van der Waals surface area contributed by atoms with Crippen molar-refractivity contribution in [2.45, 2.75) is 25.7 Å². The smallest absolute Gasteiger partial charge is 0.324 e. The normalized spacial score (nSPS) is 14.0. The van der Waals surface area contributed by atoms with E-state index in [2.05, 4.69) is 15.6 Å². The van der Waals surface area contributed by atoms with Crippen molar-refractivity contribution >= 4 is 29.3 Å². The summed E-state index contributed by atoms with van der Waals surface area (Å²) >= 11 is 0. The number of rotatable bonds is 10. The molecule has 1 atom stereocenters. The fraction of sp³-hybridized carbons (Fsp3) is 0.185. The van der Waals surface area contributed by atoms with E-state index in [0.29, 0.717) is 23.4 Å². The van der Waals surface area contributed by atoms with Crippen molar-refractivity contribution in [1.29, 1.82) is 0 Å². The number of carboxylic acids is 1. The molecule has 0 radical (unpaired) electrons. The Kier molecular flexibility index (Phi) is 8.39. The zero-order chi connectivity index (χ0) is 26.9. The molecule has 1 aromatic heterocycles. The van der Waals surface area contributed by atoms with Gasteiger partial charge in [-0.25, -0.2) is 4.79 Å². The van der Waals surface area contributed by atoms with Gasteiger partial charge < -0.3 is 30.5 Å². The summed E-state index contributed by atoms with van der Waals surface area (Å²) in [7, 11) is 0. The Bertz CT molecular complexity index is 1310. The summed E-state index contributed by atoms with van der Waals surface area (Å²) in [6, 6.07) is 19.1. The van der Waals surface area contributed by atoms with Crippen molar-refractivity contribution < 1.29 is 29.0 Å². The fourth-order valence-electron chi connectivity index (χ4n) is 3.63. The second kappa shape index (κ2) is 12.3. The number of anilines is 2. The predicted octanol–water partition coefficient (Wildman–Crippen LogP) is 3.32. The van der Waals surface area contributed by atoms with Gasteiger partial charge in [0.1, 0.15) is 12.0 Å². The van der Waals surface area contributed by atoms with E-state index in [-0.39, 0.29) is 31.1 Å². The Balaban J connectivity index is 1.35. The van der Waals surface area contributed by atoms with Gasteiger partial charge in [0.25, 0.3) is 5.91 Å². The minimum Gasteiger partial charge on any atom is -0.481 e. The highest BCUT2D eigenvalue weighted by molar-refractivity contribution is 6.04. The lowest BCUT2D eigenvalue weighted by molar-refractivity contribution is -0.137. The Morgan fingerprint density at radius 1 is 0.974 bits per heavy atom. The molecule has 0 spiro atoms. The predicted molar refractivity (Wildman–Crippen MR) is 138 cm³/mol. The molecular weight excluding hydrogens is 490 g/mol. The third kappa shape index (κ3) is 7.23. The highest BCUT2D eigenvalue weighted by atomic mass is 16.7. The molecule has 0 saturated carbocycles. The first-order valence-corrected chi connectivity index (χ1v) is 11.8. The number of amides is 3. The first-order valence-electron chi connectivity index (χ1n) is 11.8. The fourth-order valence-corrected chi connectivity index (χ4v) is 3.63. The number of carbonyl (C=O) groups is 3. The molecule has 11 nitrogen and oxygen atoms in total. The molecule has 3 aromatic rings. The molecule has 38 heavy (non-hydrogen) atoms. The number of nitrogens with zero attached hydrogens (tertiary/aromatic N) is 2. The lowest BCUT2D eigenvalue weighted by atomic mass is 10.1. The number of carboxylic acid groups (broad SMARTS) is 1. The molecule has 2 aromatic carbocycles. The SMILES string of the molecule is Nc1ccccc1NC(=O)c1ccc(CN(CCC(=O)O)C(=O)NC2=COC(Cc3ccccc3)O2)cn1. The third-order valence-electron chi connectivity index (χ3n) is 5.58. The summed E-state index contributed by atoms with van der Waals surface area (Å²) in [5, 5.41) is 14.4. The molecule has 4 rings (SSSR count). The third-order valence-corrected chi connectivity index (χ3v) is 5.58. The summed E-state index contributed by atoms with van der Waals surface area (Å²) in [4.78, 5) is 42.1. The highest BCUT2D eigenvalue weighted by Gasteiger charge is 2.24. The molecule has 0 bridgehead atoms. The van der Waals surface area contributed by atoms with Crippen molar-refractivity contribution in [2.75, 3.05) is 17.6 Å². The number of aliphatic carboxylic acids is 1. The maximum absolute atomic E-state index is 12.9. The zero-order valence-corrected chi connectivity index (χ0v) is 20.4. The number of pyridine rings is 1. The van der Waals surface area contributed by atoms with E-state index in [1.807, 2.05) is 30.3 Å². The first-order chi connectivity index (χ1) is 18.4. The molecule has 3 amide bonds. The molecule has 1 aliphatic heterocycles. The van der Waals surface area contributed by atoms with Crippen LogP contribution >= 0.6 is 0 Å². The van der Waals surface area contributed by atoms with Gasteiger partial charge >= 0.3 is 12.0 Å². The maximum atomic E-state index is 12.9. The molecule has 196 valence electrons. The van der Waals surface area contributed by atoms with Crippen LogP contribution < -0.4 is 16.4 Å². The molecule has 11 heteroatoms. The number of aromatic nitrogens is 1. The second-order valence-corrected chi connectivity index (χ2v) is 8.44. The van der Waals surface area contributed by atoms with Crippen molar-refractivity contribution in [2.24, 2.45) is 0 Å². The van der Waals surface area contributed by atoms with E-state index in [1.165, 1.54) is 23.4 Å². The Labute approximate surface area is 218 Å². The number of hydrogen-bond donors (Lipinski definition) is 4. The lowest BCUT2D eigenvalue weighted by Crippen LogP contribution is -2.40. The average molecular weight is 518 g/mol. The summed E-state index contributed by atoms with van der Waals surface area (Å²) < 4.78 is 11.1. The summed E-state index contributed by atoms with van der Waals surface area (Å²) in [6.45, 7) is -0.000500. The monoisotopic (exact) mass is 517 g/mol. The van der Waals surface area contributed by atoms with Crippen LogP contribution in [0.4, 0.5) is 16.2 Å². The van der Waals surface area contributed by atoms with E-state index in [9.17, 15) is 14.4 Å².